The normalized spacial score (nSPS) is 12.5. The minimum atomic E-state index is -0.937. The first-order valence-corrected chi connectivity index (χ1v) is 5.74. The Bertz CT molecular complexity index is 444. The summed E-state index contributed by atoms with van der Waals surface area (Å²) >= 11 is 0. The molecular weight excluding hydrogens is 235 g/mol. The lowest BCUT2D eigenvalue weighted by Gasteiger charge is -2.39. The Balaban J connectivity index is 2.76. The lowest BCUT2D eigenvalue weighted by molar-refractivity contribution is -0.151. The lowest BCUT2D eigenvalue weighted by Crippen LogP contribution is -2.54. The van der Waals surface area contributed by atoms with Crippen molar-refractivity contribution in [1.82, 2.24) is 10.3 Å². The summed E-state index contributed by atoms with van der Waals surface area (Å²) in [5.41, 5.74) is -0.886. The van der Waals surface area contributed by atoms with Crippen LogP contribution in [0.5, 0.6) is 0 Å². The summed E-state index contributed by atoms with van der Waals surface area (Å²) in [5, 5.41) is 12.3. The maximum absolute atomic E-state index is 13.0. The Hall–Kier alpha value is -1.49. The van der Waals surface area contributed by atoms with Gasteiger partial charge < -0.3 is 10.4 Å². The summed E-state index contributed by atoms with van der Waals surface area (Å²) in [6, 6.07) is 1.38. The first-order chi connectivity index (χ1) is 8.17. The summed E-state index contributed by atoms with van der Waals surface area (Å²) in [6.07, 6.45) is 2.69. The molecule has 1 heterocycles. The highest BCUT2D eigenvalue weighted by atomic mass is 19.1. The summed E-state index contributed by atoms with van der Waals surface area (Å²) in [6.45, 7) is 7.31. The number of pyridine rings is 1. The molecule has 5 heteroatoms. The molecule has 4 nitrogen and oxygen atoms in total. The number of carboxylic acids is 1. The number of nitrogens with one attached hydrogen (secondary N) is 1. The first-order valence-electron chi connectivity index (χ1n) is 5.74. The van der Waals surface area contributed by atoms with Gasteiger partial charge in [0.05, 0.1) is 11.6 Å². The van der Waals surface area contributed by atoms with Crippen LogP contribution in [0.3, 0.4) is 0 Å². The van der Waals surface area contributed by atoms with Crippen LogP contribution >= 0.6 is 0 Å². The van der Waals surface area contributed by atoms with E-state index in [4.69, 9.17) is 0 Å². The van der Waals surface area contributed by atoms with Gasteiger partial charge in [0.15, 0.2) is 0 Å². The zero-order chi connectivity index (χ0) is 14.0. The molecule has 0 aliphatic carbocycles. The van der Waals surface area contributed by atoms with Gasteiger partial charge in [-0.05, 0) is 39.3 Å². The third-order valence-corrected chi connectivity index (χ3v) is 3.59. The minimum Gasteiger partial charge on any atom is -0.481 e. The molecule has 1 aromatic rings. The molecule has 0 aliphatic rings. The predicted octanol–water partition coefficient (Wildman–Crippen LogP) is 2.20. The molecule has 1 rings (SSSR count). The number of aromatic nitrogens is 1. The monoisotopic (exact) mass is 254 g/mol. The number of aliphatic carboxylic acids is 1. The van der Waals surface area contributed by atoms with Crippen molar-refractivity contribution in [3.05, 3.63) is 29.8 Å². The number of carboxylic acid groups (broad SMARTS) is 1. The summed E-state index contributed by atoms with van der Waals surface area (Å²) in [5.74, 6) is -1.28. The third kappa shape index (κ3) is 3.04. The Kier molecular flexibility index (Phi) is 4.06. The molecule has 0 spiro atoms. The number of nitrogens with zero attached hydrogens (tertiary/aromatic N) is 1. The van der Waals surface area contributed by atoms with E-state index in [1.165, 1.54) is 6.07 Å². The zero-order valence-corrected chi connectivity index (χ0v) is 11.1. The molecular formula is C13H19FN2O2. The van der Waals surface area contributed by atoms with Crippen LogP contribution in [0.1, 0.15) is 33.3 Å². The van der Waals surface area contributed by atoms with Crippen molar-refractivity contribution >= 4 is 5.97 Å². The molecule has 0 aliphatic heterocycles. The van der Waals surface area contributed by atoms with E-state index in [-0.39, 0.29) is 0 Å². The maximum atomic E-state index is 13.0. The van der Waals surface area contributed by atoms with Crippen molar-refractivity contribution in [3.8, 4) is 0 Å². The van der Waals surface area contributed by atoms with Gasteiger partial charge in [-0.3, -0.25) is 9.78 Å². The molecule has 1 aromatic heterocycles. The number of rotatable bonds is 5. The van der Waals surface area contributed by atoms with E-state index in [0.717, 1.165) is 6.20 Å². The summed E-state index contributed by atoms with van der Waals surface area (Å²) < 4.78 is 13.0. The first kappa shape index (κ1) is 14.6. The highest BCUT2D eigenvalue weighted by Crippen LogP contribution is 2.30. The Morgan fingerprint density at radius 1 is 1.39 bits per heavy atom. The standard InChI is InChI=1S/C13H19FN2O2/c1-12(2,11(17)18)13(3,4)16-7-9-5-10(14)8-15-6-9/h5-6,8,16H,7H2,1-4H3,(H,17,18). The molecule has 0 aromatic carbocycles. The number of halogens is 1. The van der Waals surface area contributed by atoms with Crippen LogP contribution in [0.2, 0.25) is 0 Å². The quantitative estimate of drug-likeness (QED) is 0.845. The average molecular weight is 254 g/mol. The van der Waals surface area contributed by atoms with Crippen molar-refractivity contribution in [3.63, 3.8) is 0 Å². The van der Waals surface area contributed by atoms with E-state index in [1.54, 1.807) is 20.0 Å². The molecule has 2 N–H and O–H groups in total. The van der Waals surface area contributed by atoms with Gasteiger partial charge in [0.25, 0.3) is 0 Å². The molecule has 18 heavy (non-hydrogen) atoms. The van der Waals surface area contributed by atoms with E-state index in [9.17, 15) is 14.3 Å². The average Bonchev–Trinajstić information content (AvgIpc) is 2.26. The Morgan fingerprint density at radius 3 is 2.50 bits per heavy atom. The van der Waals surface area contributed by atoms with Gasteiger partial charge in [-0.25, -0.2) is 4.39 Å². The molecule has 0 radical (unpaired) electrons. The summed E-state index contributed by atoms with van der Waals surface area (Å²) in [7, 11) is 0. The van der Waals surface area contributed by atoms with Gasteiger partial charge in [0, 0.05) is 18.3 Å². The highest BCUT2D eigenvalue weighted by Gasteiger charge is 2.42. The van der Waals surface area contributed by atoms with E-state index < -0.39 is 22.7 Å². The topological polar surface area (TPSA) is 62.2 Å². The molecule has 0 fully saturated rings. The fourth-order valence-corrected chi connectivity index (χ4v) is 1.36. The van der Waals surface area contributed by atoms with Gasteiger partial charge in [-0.2, -0.15) is 0 Å². The predicted molar refractivity (Wildman–Crippen MR) is 66.5 cm³/mol. The Labute approximate surface area is 106 Å². The lowest BCUT2D eigenvalue weighted by atomic mass is 9.74. The largest absolute Gasteiger partial charge is 0.481 e. The molecule has 0 unspecified atom stereocenters. The van der Waals surface area contributed by atoms with Crippen molar-refractivity contribution in [2.45, 2.75) is 39.8 Å². The number of hydrogen-bond acceptors (Lipinski definition) is 3. The van der Waals surface area contributed by atoms with Crippen molar-refractivity contribution in [2.75, 3.05) is 0 Å². The van der Waals surface area contributed by atoms with Gasteiger partial charge in [0.2, 0.25) is 0 Å². The van der Waals surface area contributed by atoms with Crippen molar-refractivity contribution < 1.29 is 14.3 Å². The molecule has 0 atom stereocenters. The van der Waals surface area contributed by atoms with E-state index in [0.29, 0.717) is 12.1 Å². The molecule has 0 saturated carbocycles. The number of carbonyl (C=O) groups is 1. The van der Waals surface area contributed by atoms with Crippen LogP contribution in [-0.2, 0) is 11.3 Å². The van der Waals surface area contributed by atoms with Crippen LogP contribution in [0.25, 0.3) is 0 Å². The van der Waals surface area contributed by atoms with Crippen LogP contribution in [0.15, 0.2) is 18.5 Å². The fraction of sp³-hybridized carbons (Fsp3) is 0.538. The molecule has 0 bridgehead atoms. The van der Waals surface area contributed by atoms with Crippen LogP contribution < -0.4 is 5.32 Å². The third-order valence-electron chi connectivity index (χ3n) is 3.59. The molecule has 0 amide bonds. The second kappa shape index (κ2) is 5.02. The van der Waals surface area contributed by atoms with Crippen LogP contribution in [0, 0.1) is 11.2 Å². The zero-order valence-electron chi connectivity index (χ0n) is 11.1. The maximum Gasteiger partial charge on any atom is 0.310 e. The minimum absolute atomic E-state index is 0.370. The molecule has 100 valence electrons. The van der Waals surface area contributed by atoms with Gasteiger partial charge >= 0.3 is 5.97 Å². The SMILES string of the molecule is CC(C)(NCc1cncc(F)c1)C(C)(C)C(=O)O. The second-order valence-corrected chi connectivity index (χ2v) is 5.42. The Morgan fingerprint density at radius 2 is 2.00 bits per heavy atom. The van der Waals surface area contributed by atoms with Gasteiger partial charge in [0.1, 0.15) is 5.82 Å². The van der Waals surface area contributed by atoms with Crippen LogP contribution in [-0.4, -0.2) is 21.6 Å². The van der Waals surface area contributed by atoms with Crippen molar-refractivity contribution in [1.29, 1.82) is 0 Å². The smallest absolute Gasteiger partial charge is 0.310 e. The number of hydrogen-bond donors (Lipinski definition) is 2. The fourth-order valence-electron chi connectivity index (χ4n) is 1.36. The molecule has 0 saturated heterocycles. The van der Waals surface area contributed by atoms with E-state index in [2.05, 4.69) is 10.3 Å². The van der Waals surface area contributed by atoms with E-state index >= 15 is 0 Å². The van der Waals surface area contributed by atoms with Crippen molar-refractivity contribution in [2.24, 2.45) is 5.41 Å². The second-order valence-electron chi connectivity index (χ2n) is 5.42. The van der Waals surface area contributed by atoms with Gasteiger partial charge in [-0.1, -0.05) is 0 Å². The van der Waals surface area contributed by atoms with Crippen LogP contribution in [0.4, 0.5) is 4.39 Å². The van der Waals surface area contributed by atoms with Gasteiger partial charge in [-0.15, -0.1) is 0 Å². The highest BCUT2D eigenvalue weighted by molar-refractivity contribution is 5.75. The summed E-state index contributed by atoms with van der Waals surface area (Å²) in [4.78, 5) is 15.0. The van der Waals surface area contributed by atoms with E-state index in [1.807, 2.05) is 13.8 Å².